The van der Waals surface area contributed by atoms with Crippen molar-refractivity contribution < 1.29 is 19.1 Å². The summed E-state index contributed by atoms with van der Waals surface area (Å²) in [6.45, 7) is 8.64. The summed E-state index contributed by atoms with van der Waals surface area (Å²) in [5.41, 5.74) is 0.641. The van der Waals surface area contributed by atoms with Crippen LogP contribution in [0.1, 0.15) is 71.3 Å². The van der Waals surface area contributed by atoms with Crippen molar-refractivity contribution in [3.63, 3.8) is 0 Å². The van der Waals surface area contributed by atoms with Gasteiger partial charge in [-0.3, -0.25) is 14.4 Å². The van der Waals surface area contributed by atoms with Gasteiger partial charge in [-0.05, 0) is 61.6 Å². The fourth-order valence-electron chi connectivity index (χ4n) is 8.25. The van der Waals surface area contributed by atoms with E-state index in [4.69, 9.17) is 4.74 Å². The van der Waals surface area contributed by atoms with Crippen molar-refractivity contribution in [3.8, 4) is 0 Å². The number of rotatable bonds is 5. The fraction of sp³-hybridized carbons (Fsp3) is 0.656. The van der Waals surface area contributed by atoms with Gasteiger partial charge in [0.2, 0.25) is 17.7 Å². The van der Waals surface area contributed by atoms with Crippen LogP contribution in [-0.4, -0.2) is 52.5 Å². The molecule has 2 saturated heterocycles. The van der Waals surface area contributed by atoms with E-state index in [2.05, 4.69) is 31.4 Å². The minimum atomic E-state index is -1.11. The Hall–Kier alpha value is -2.67. The standard InChI is InChI=1S/C32H43N3O4/c1-18-9-7-12-22(17-18)33-29(36)26-25-15-16-32(39-25)27(26)31(38)35(24-14-8-11-19(2)21(24)4)28(32)30(37)34-23-13-6-5-10-20(23)3/h7,9,12,15-17,19-21,23-28H,5-6,8,10-11,13-14H2,1-4H3,(H,33,36)(H,34,37)/t19-,20-,21-,23-,24+,25+,26-,27+,28+,32+/m0/s1. The molecule has 0 aromatic heterocycles. The molecular formula is C32H43N3O4. The molecule has 7 nitrogen and oxygen atoms in total. The van der Waals surface area contributed by atoms with Crippen LogP contribution in [0.3, 0.4) is 0 Å². The van der Waals surface area contributed by atoms with Gasteiger partial charge in [0.25, 0.3) is 0 Å². The number of hydrogen-bond donors (Lipinski definition) is 2. The number of carbonyl (C=O) groups is 3. The molecule has 2 N–H and O–H groups in total. The number of fused-ring (bicyclic) bond motifs is 1. The van der Waals surface area contributed by atoms with Gasteiger partial charge in [0, 0.05) is 17.8 Å². The summed E-state index contributed by atoms with van der Waals surface area (Å²) in [5, 5.41) is 6.40. The average molecular weight is 534 g/mol. The lowest BCUT2D eigenvalue weighted by atomic mass is 9.74. The van der Waals surface area contributed by atoms with Crippen LogP contribution in [0.5, 0.6) is 0 Å². The molecule has 2 saturated carbocycles. The molecule has 1 spiro atoms. The number of anilines is 1. The minimum absolute atomic E-state index is 0.0442. The van der Waals surface area contributed by atoms with Crippen LogP contribution in [0.2, 0.25) is 0 Å². The predicted molar refractivity (Wildman–Crippen MR) is 150 cm³/mol. The summed E-state index contributed by atoms with van der Waals surface area (Å²) in [4.78, 5) is 44.3. The highest BCUT2D eigenvalue weighted by molar-refractivity contribution is 6.03. The van der Waals surface area contributed by atoms with Crippen LogP contribution in [-0.2, 0) is 19.1 Å². The molecule has 1 aromatic carbocycles. The van der Waals surface area contributed by atoms with Crippen molar-refractivity contribution in [3.05, 3.63) is 42.0 Å². The van der Waals surface area contributed by atoms with E-state index in [0.29, 0.717) is 17.5 Å². The Labute approximate surface area is 232 Å². The van der Waals surface area contributed by atoms with Gasteiger partial charge in [-0.2, -0.15) is 0 Å². The van der Waals surface area contributed by atoms with E-state index >= 15 is 0 Å². The topological polar surface area (TPSA) is 87.7 Å². The average Bonchev–Trinajstić information content (AvgIpc) is 3.54. The summed E-state index contributed by atoms with van der Waals surface area (Å²) in [7, 11) is 0. The Kier molecular flexibility index (Phi) is 6.85. The zero-order valence-corrected chi connectivity index (χ0v) is 23.7. The summed E-state index contributed by atoms with van der Waals surface area (Å²) in [6.07, 6.45) is 10.7. The molecule has 0 unspecified atom stereocenters. The van der Waals surface area contributed by atoms with Crippen molar-refractivity contribution in [1.82, 2.24) is 10.2 Å². The number of likely N-dealkylation sites (tertiary alicyclic amines) is 1. The number of ether oxygens (including phenoxy) is 1. The number of carbonyl (C=O) groups excluding carboxylic acids is 3. The van der Waals surface area contributed by atoms with Crippen molar-refractivity contribution in [2.24, 2.45) is 29.6 Å². The molecule has 210 valence electrons. The SMILES string of the molecule is Cc1cccc(NC(=O)[C@H]2[C@H]3C=C[C@@]4(O3)[C@H]2C(=O)N([C@@H]2CCC[C@H](C)[C@@H]2C)[C@@H]4C(=O)N[C@H]2CCCC[C@@H]2C)c1. The molecule has 1 aromatic rings. The Morgan fingerprint density at radius 2 is 1.77 bits per heavy atom. The van der Waals surface area contributed by atoms with Crippen LogP contribution in [0.25, 0.3) is 0 Å². The van der Waals surface area contributed by atoms with Gasteiger partial charge in [0.1, 0.15) is 11.6 Å². The summed E-state index contributed by atoms with van der Waals surface area (Å²) in [5.74, 6) is -0.697. The molecule has 7 heteroatoms. The molecule has 0 radical (unpaired) electrons. The molecule has 3 aliphatic heterocycles. The first-order chi connectivity index (χ1) is 18.7. The van der Waals surface area contributed by atoms with Gasteiger partial charge in [-0.25, -0.2) is 0 Å². The van der Waals surface area contributed by atoms with Gasteiger partial charge in [0.15, 0.2) is 0 Å². The minimum Gasteiger partial charge on any atom is -0.359 e. The van der Waals surface area contributed by atoms with Gasteiger partial charge >= 0.3 is 0 Å². The Morgan fingerprint density at radius 1 is 1.00 bits per heavy atom. The molecule has 5 aliphatic rings. The van der Waals surface area contributed by atoms with E-state index in [1.165, 1.54) is 6.42 Å². The first-order valence-electron chi connectivity index (χ1n) is 15.1. The molecule has 4 fully saturated rings. The second-order valence-electron chi connectivity index (χ2n) is 13.0. The van der Waals surface area contributed by atoms with E-state index in [0.717, 1.165) is 44.1 Å². The predicted octanol–water partition coefficient (Wildman–Crippen LogP) is 4.60. The van der Waals surface area contributed by atoms with Crippen molar-refractivity contribution in [2.45, 2.75) is 102 Å². The highest BCUT2D eigenvalue weighted by atomic mass is 16.5. The molecular weight excluding hydrogens is 490 g/mol. The maximum atomic E-state index is 14.5. The second-order valence-corrected chi connectivity index (χ2v) is 13.0. The molecule has 3 amide bonds. The van der Waals surface area contributed by atoms with Crippen LogP contribution < -0.4 is 10.6 Å². The summed E-state index contributed by atoms with van der Waals surface area (Å²) >= 11 is 0. The highest BCUT2D eigenvalue weighted by Crippen LogP contribution is 2.57. The van der Waals surface area contributed by atoms with Crippen LogP contribution >= 0.6 is 0 Å². The Bertz CT molecular complexity index is 1180. The maximum absolute atomic E-state index is 14.5. The maximum Gasteiger partial charge on any atom is 0.246 e. The molecule has 6 rings (SSSR count). The van der Waals surface area contributed by atoms with Gasteiger partial charge in [-0.15, -0.1) is 0 Å². The quantitative estimate of drug-likeness (QED) is 0.542. The summed E-state index contributed by atoms with van der Waals surface area (Å²) in [6, 6.07) is 6.97. The van der Waals surface area contributed by atoms with Gasteiger partial charge in [0.05, 0.1) is 17.9 Å². The monoisotopic (exact) mass is 533 g/mol. The lowest BCUT2D eigenvalue weighted by Gasteiger charge is -2.44. The van der Waals surface area contributed by atoms with E-state index in [-0.39, 0.29) is 35.7 Å². The third kappa shape index (κ3) is 4.32. The number of amides is 3. The van der Waals surface area contributed by atoms with Gasteiger partial charge in [-0.1, -0.05) is 70.7 Å². The van der Waals surface area contributed by atoms with Crippen molar-refractivity contribution in [2.75, 3.05) is 5.32 Å². The van der Waals surface area contributed by atoms with Crippen molar-refractivity contribution >= 4 is 23.4 Å². The van der Waals surface area contributed by atoms with Crippen LogP contribution in [0.15, 0.2) is 36.4 Å². The second kappa shape index (κ2) is 10.1. The lowest BCUT2D eigenvalue weighted by molar-refractivity contribution is -0.146. The number of nitrogens with one attached hydrogen (secondary N) is 2. The number of benzene rings is 1. The third-order valence-electron chi connectivity index (χ3n) is 10.6. The van der Waals surface area contributed by atoms with Crippen molar-refractivity contribution in [1.29, 1.82) is 0 Å². The Morgan fingerprint density at radius 3 is 2.54 bits per heavy atom. The normalized spacial score (nSPS) is 41.0. The first-order valence-corrected chi connectivity index (χ1v) is 15.1. The fourth-order valence-corrected chi connectivity index (χ4v) is 8.25. The van der Waals surface area contributed by atoms with Gasteiger partial charge < -0.3 is 20.3 Å². The zero-order valence-electron chi connectivity index (χ0n) is 23.7. The molecule has 3 heterocycles. The largest absolute Gasteiger partial charge is 0.359 e. The number of nitrogens with zero attached hydrogens (tertiary/aromatic N) is 1. The summed E-state index contributed by atoms with van der Waals surface area (Å²) < 4.78 is 6.59. The van der Waals surface area contributed by atoms with E-state index in [1.54, 1.807) is 0 Å². The number of hydrogen-bond acceptors (Lipinski definition) is 4. The molecule has 2 aliphatic carbocycles. The zero-order chi connectivity index (χ0) is 27.5. The lowest BCUT2D eigenvalue weighted by Crippen LogP contribution is -2.60. The number of aryl methyl sites for hydroxylation is 1. The molecule has 10 atom stereocenters. The smallest absolute Gasteiger partial charge is 0.246 e. The van der Waals surface area contributed by atoms with Crippen LogP contribution in [0, 0.1) is 36.5 Å². The van der Waals surface area contributed by atoms with E-state index in [1.807, 2.05) is 48.2 Å². The van der Waals surface area contributed by atoms with E-state index < -0.39 is 29.6 Å². The third-order valence-corrected chi connectivity index (χ3v) is 10.6. The highest BCUT2D eigenvalue weighted by Gasteiger charge is 2.73. The molecule has 39 heavy (non-hydrogen) atoms. The van der Waals surface area contributed by atoms with E-state index in [9.17, 15) is 14.4 Å². The first kappa shape index (κ1) is 26.5. The van der Waals surface area contributed by atoms with Crippen LogP contribution in [0.4, 0.5) is 5.69 Å². The molecule has 2 bridgehead atoms. The Balaban J connectivity index is 1.35.